The van der Waals surface area contributed by atoms with Crippen LogP contribution in [0.1, 0.15) is 25.3 Å². The second-order valence-electron chi connectivity index (χ2n) is 7.83. The van der Waals surface area contributed by atoms with Crippen molar-refractivity contribution in [3.8, 4) is 0 Å². The predicted octanol–water partition coefficient (Wildman–Crippen LogP) is 2.92. The molecular weight excluding hydrogens is 481 g/mol. The van der Waals surface area contributed by atoms with Gasteiger partial charge in [-0.25, -0.2) is 4.68 Å². The standard InChI is InChI=1S/C22H22IN3O3/c1-22(13-15-7-9-16(23)10-8-15)11-4-12-25(22)19(27)14-26-21(29)18-6-3-2-5-17(18)20(28)24-26/h2-3,5-10H,4,11-14H2,1H3,(H,24,28). The first-order chi connectivity index (χ1) is 13.9. The Labute approximate surface area is 181 Å². The summed E-state index contributed by atoms with van der Waals surface area (Å²) in [6.07, 6.45) is 2.60. The zero-order valence-corrected chi connectivity index (χ0v) is 18.3. The Bertz CT molecular complexity index is 1180. The van der Waals surface area contributed by atoms with E-state index < -0.39 is 0 Å². The molecule has 6 nitrogen and oxygen atoms in total. The maximum atomic E-state index is 13.1. The van der Waals surface area contributed by atoms with Crippen LogP contribution < -0.4 is 11.1 Å². The Balaban J connectivity index is 1.60. The number of nitrogens with one attached hydrogen (secondary N) is 1. The Morgan fingerprint density at radius 1 is 1.10 bits per heavy atom. The first-order valence-electron chi connectivity index (χ1n) is 9.64. The molecule has 0 radical (unpaired) electrons. The van der Waals surface area contributed by atoms with Gasteiger partial charge >= 0.3 is 0 Å². The minimum atomic E-state index is -0.365. The summed E-state index contributed by atoms with van der Waals surface area (Å²) in [5.41, 5.74) is 0.164. The van der Waals surface area contributed by atoms with Crippen molar-refractivity contribution in [2.75, 3.05) is 6.54 Å². The van der Waals surface area contributed by atoms with Gasteiger partial charge < -0.3 is 4.90 Å². The van der Waals surface area contributed by atoms with Crippen LogP contribution >= 0.6 is 22.6 Å². The number of amides is 1. The van der Waals surface area contributed by atoms with Gasteiger partial charge in [0.2, 0.25) is 5.91 Å². The third kappa shape index (κ3) is 3.88. The van der Waals surface area contributed by atoms with E-state index in [9.17, 15) is 14.4 Å². The smallest absolute Gasteiger partial charge is 0.273 e. The molecule has 1 N–H and O–H groups in total. The molecule has 0 saturated carbocycles. The van der Waals surface area contributed by atoms with E-state index in [0.29, 0.717) is 17.3 Å². The normalized spacial score (nSPS) is 19.0. The number of H-pyrrole nitrogens is 1. The molecule has 1 aliphatic heterocycles. The number of carbonyl (C=O) groups is 1. The van der Waals surface area contributed by atoms with Gasteiger partial charge in [-0.15, -0.1) is 0 Å². The van der Waals surface area contributed by atoms with E-state index in [-0.39, 0.29) is 29.1 Å². The molecule has 7 heteroatoms. The highest BCUT2D eigenvalue weighted by molar-refractivity contribution is 14.1. The molecule has 150 valence electrons. The largest absolute Gasteiger partial charge is 0.335 e. The average Bonchev–Trinajstić information content (AvgIpc) is 3.09. The molecule has 4 rings (SSSR count). The third-order valence-corrected chi connectivity index (χ3v) is 6.44. The molecular formula is C22H22IN3O3. The van der Waals surface area contributed by atoms with E-state index in [4.69, 9.17) is 0 Å². The van der Waals surface area contributed by atoms with Crippen LogP contribution in [-0.2, 0) is 17.8 Å². The van der Waals surface area contributed by atoms with Gasteiger partial charge in [-0.1, -0.05) is 24.3 Å². The number of fused-ring (bicyclic) bond motifs is 1. The number of rotatable bonds is 4. The highest BCUT2D eigenvalue weighted by Gasteiger charge is 2.39. The van der Waals surface area contributed by atoms with Crippen LogP contribution in [0.3, 0.4) is 0 Å². The fourth-order valence-corrected chi connectivity index (χ4v) is 4.61. The van der Waals surface area contributed by atoms with Gasteiger partial charge in [-0.2, -0.15) is 0 Å². The van der Waals surface area contributed by atoms with Crippen LogP contribution in [0, 0.1) is 3.57 Å². The van der Waals surface area contributed by atoms with E-state index >= 15 is 0 Å². The molecule has 1 aliphatic rings. The van der Waals surface area contributed by atoms with Crippen molar-refractivity contribution in [3.63, 3.8) is 0 Å². The number of aromatic amines is 1. The number of benzene rings is 2. The molecule has 2 heterocycles. The Hall–Kier alpha value is -2.42. The summed E-state index contributed by atoms with van der Waals surface area (Å²) < 4.78 is 2.31. The molecule has 1 unspecified atom stereocenters. The minimum absolute atomic E-state index is 0.149. The van der Waals surface area contributed by atoms with Gasteiger partial charge in [0, 0.05) is 15.7 Å². The number of hydrogen-bond acceptors (Lipinski definition) is 3. The fourth-order valence-electron chi connectivity index (χ4n) is 4.25. The maximum Gasteiger partial charge on any atom is 0.273 e. The van der Waals surface area contributed by atoms with Gasteiger partial charge in [0.1, 0.15) is 6.54 Å². The molecule has 29 heavy (non-hydrogen) atoms. The van der Waals surface area contributed by atoms with Crippen molar-refractivity contribution in [1.29, 1.82) is 0 Å². The van der Waals surface area contributed by atoms with Gasteiger partial charge in [0.05, 0.1) is 10.8 Å². The molecule has 1 saturated heterocycles. The second kappa shape index (κ2) is 7.78. The summed E-state index contributed by atoms with van der Waals surface area (Å²) in [7, 11) is 0. The molecule has 3 aromatic rings. The summed E-state index contributed by atoms with van der Waals surface area (Å²) in [6.45, 7) is 2.59. The van der Waals surface area contributed by atoms with Crippen LogP contribution in [0.15, 0.2) is 58.1 Å². The van der Waals surface area contributed by atoms with E-state index in [1.807, 2.05) is 4.90 Å². The number of halogens is 1. The van der Waals surface area contributed by atoms with Gasteiger partial charge in [0.15, 0.2) is 0 Å². The summed E-state index contributed by atoms with van der Waals surface area (Å²) in [5.74, 6) is -0.149. The molecule has 0 aliphatic carbocycles. The van der Waals surface area contributed by atoms with Crippen LogP contribution in [0.2, 0.25) is 0 Å². The Kier molecular flexibility index (Phi) is 5.33. The van der Waals surface area contributed by atoms with E-state index in [1.54, 1.807) is 24.3 Å². The van der Waals surface area contributed by atoms with Crippen LogP contribution in [0.5, 0.6) is 0 Å². The number of hydrogen-bond donors (Lipinski definition) is 1. The number of carbonyl (C=O) groups excluding carboxylic acids is 1. The monoisotopic (exact) mass is 503 g/mol. The first-order valence-corrected chi connectivity index (χ1v) is 10.7. The molecule has 0 bridgehead atoms. The summed E-state index contributed by atoms with van der Waals surface area (Å²) in [6, 6.07) is 15.0. The summed E-state index contributed by atoms with van der Waals surface area (Å²) >= 11 is 2.28. The zero-order chi connectivity index (χ0) is 20.6. The lowest BCUT2D eigenvalue weighted by molar-refractivity contribution is -0.135. The molecule has 1 fully saturated rings. The second-order valence-corrected chi connectivity index (χ2v) is 9.07. The third-order valence-electron chi connectivity index (χ3n) is 5.73. The SMILES string of the molecule is CC1(Cc2ccc(I)cc2)CCCN1C(=O)Cn1[nH]c(=O)c2ccccc2c1=O. The molecule has 1 aromatic heterocycles. The Morgan fingerprint density at radius 2 is 1.79 bits per heavy atom. The Morgan fingerprint density at radius 3 is 2.52 bits per heavy atom. The summed E-state index contributed by atoms with van der Waals surface area (Å²) in [5, 5.41) is 3.22. The lowest BCUT2D eigenvalue weighted by Gasteiger charge is -2.35. The summed E-state index contributed by atoms with van der Waals surface area (Å²) in [4.78, 5) is 40.0. The first kappa shape index (κ1) is 19.9. The molecule has 2 aromatic carbocycles. The maximum absolute atomic E-state index is 13.1. The minimum Gasteiger partial charge on any atom is -0.335 e. The van der Waals surface area contributed by atoms with Crippen molar-refractivity contribution >= 4 is 39.3 Å². The van der Waals surface area contributed by atoms with Crippen molar-refractivity contribution < 1.29 is 4.79 Å². The molecule has 1 atom stereocenters. The number of likely N-dealkylation sites (tertiary alicyclic amines) is 1. The predicted molar refractivity (Wildman–Crippen MR) is 121 cm³/mol. The van der Waals surface area contributed by atoms with Crippen molar-refractivity contribution in [3.05, 3.63) is 78.4 Å². The van der Waals surface area contributed by atoms with Gasteiger partial charge in [-0.05, 0) is 78.6 Å². The average molecular weight is 503 g/mol. The van der Waals surface area contributed by atoms with Crippen molar-refractivity contribution in [1.82, 2.24) is 14.7 Å². The van der Waals surface area contributed by atoms with E-state index in [2.05, 4.69) is 58.9 Å². The van der Waals surface area contributed by atoms with E-state index in [0.717, 1.165) is 23.9 Å². The molecule has 1 amide bonds. The van der Waals surface area contributed by atoms with Crippen molar-refractivity contribution in [2.45, 2.75) is 38.3 Å². The zero-order valence-electron chi connectivity index (χ0n) is 16.2. The van der Waals surface area contributed by atoms with Gasteiger partial charge in [-0.3, -0.25) is 19.5 Å². The van der Waals surface area contributed by atoms with E-state index in [1.165, 1.54) is 9.13 Å². The van der Waals surface area contributed by atoms with Crippen LogP contribution in [0.25, 0.3) is 10.8 Å². The van der Waals surface area contributed by atoms with Crippen LogP contribution in [0.4, 0.5) is 0 Å². The quantitative estimate of drug-likeness (QED) is 0.557. The number of aromatic nitrogens is 2. The number of nitrogens with zero attached hydrogens (tertiary/aromatic N) is 2. The fraction of sp³-hybridized carbons (Fsp3) is 0.318. The highest BCUT2D eigenvalue weighted by atomic mass is 127. The molecule has 0 spiro atoms. The highest BCUT2D eigenvalue weighted by Crippen LogP contribution is 2.32. The van der Waals surface area contributed by atoms with Crippen LogP contribution in [-0.4, -0.2) is 32.7 Å². The van der Waals surface area contributed by atoms with Crippen molar-refractivity contribution in [2.24, 2.45) is 0 Å². The van der Waals surface area contributed by atoms with Gasteiger partial charge in [0.25, 0.3) is 11.1 Å². The lowest BCUT2D eigenvalue weighted by Crippen LogP contribution is -2.49. The lowest BCUT2D eigenvalue weighted by atomic mass is 9.90. The topological polar surface area (TPSA) is 75.2 Å².